The monoisotopic (exact) mass is 88.1 g/mol. The number of rotatable bonds is 1. The van der Waals surface area contributed by atoms with E-state index in [0.717, 1.165) is 0 Å². The van der Waals surface area contributed by atoms with Crippen molar-refractivity contribution < 1.29 is 5.11 Å². The normalized spacial score (nSPS) is 12.0. The van der Waals surface area contributed by atoms with E-state index in [-0.39, 0.29) is 0 Å². The number of hydrogen-bond donors (Lipinski definition) is 2. The summed E-state index contributed by atoms with van der Waals surface area (Å²) in [7, 11) is 0. The summed E-state index contributed by atoms with van der Waals surface area (Å²) in [6.07, 6.45) is 0. The van der Waals surface area contributed by atoms with Crippen LogP contribution in [0, 0.1) is 6.54 Å². The quantitative estimate of drug-likeness (QED) is 0.469. The smallest absolute Gasteiger partial charge is 0.0758 e. The molecular formula is C4H10NO. The minimum atomic E-state index is -0.806. The molecule has 0 heterocycles. The molecule has 0 rings (SSSR count). The maximum absolute atomic E-state index is 8.65. The van der Waals surface area contributed by atoms with Crippen LogP contribution in [0.15, 0.2) is 0 Å². The average molecular weight is 88.1 g/mol. The summed E-state index contributed by atoms with van der Waals surface area (Å²) in [5, 5.41) is 8.65. The van der Waals surface area contributed by atoms with Gasteiger partial charge in [-0.25, -0.2) is 0 Å². The van der Waals surface area contributed by atoms with E-state index in [2.05, 4.69) is 0 Å². The second kappa shape index (κ2) is 1.58. The van der Waals surface area contributed by atoms with E-state index in [4.69, 9.17) is 10.8 Å². The van der Waals surface area contributed by atoms with Gasteiger partial charge >= 0.3 is 0 Å². The Morgan fingerprint density at radius 1 is 1.67 bits per heavy atom. The molecule has 0 saturated carbocycles. The summed E-state index contributed by atoms with van der Waals surface area (Å²) in [4.78, 5) is 0. The Morgan fingerprint density at radius 3 is 1.83 bits per heavy atom. The SMILES string of the molecule is CC(C)(O)[CH]N. The van der Waals surface area contributed by atoms with Crippen molar-refractivity contribution in [3.8, 4) is 0 Å². The fourth-order valence-electron chi connectivity index (χ4n) is 0. The molecular weight excluding hydrogens is 78.1 g/mol. The van der Waals surface area contributed by atoms with Crippen molar-refractivity contribution in [2.45, 2.75) is 19.4 Å². The third kappa shape index (κ3) is 3.92. The van der Waals surface area contributed by atoms with Crippen LogP contribution in [0.3, 0.4) is 0 Å². The molecule has 0 aliphatic rings. The van der Waals surface area contributed by atoms with Crippen molar-refractivity contribution in [3.05, 3.63) is 6.54 Å². The van der Waals surface area contributed by atoms with Crippen LogP contribution < -0.4 is 5.73 Å². The first-order chi connectivity index (χ1) is 2.56. The van der Waals surface area contributed by atoms with Gasteiger partial charge in [-0.1, -0.05) is 0 Å². The van der Waals surface area contributed by atoms with E-state index in [1.54, 1.807) is 13.8 Å². The van der Waals surface area contributed by atoms with Crippen molar-refractivity contribution in [2.75, 3.05) is 0 Å². The van der Waals surface area contributed by atoms with Gasteiger partial charge in [-0.2, -0.15) is 0 Å². The van der Waals surface area contributed by atoms with Crippen LogP contribution in [-0.4, -0.2) is 10.7 Å². The van der Waals surface area contributed by atoms with Gasteiger partial charge in [0.15, 0.2) is 0 Å². The molecule has 3 N–H and O–H groups in total. The van der Waals surface area contributed by atoms with Gasteiger partial charge in [0, 0.05) is 0 Å². The molecule has 0 aromatic rings. The summed E-state index contributed by atoms with van der Waals surface area (Å²) in [5.41, 5.74) is 4.12. The molecule has 0 fully saturated rings. The summed E-state index contributed by atoms with van der Waals surface area (Å²) < 4.78 is 0. The van der Waals surface area contributed by atoms with E-state index < -0.39 is 5.60 Å². The fraction of sp³-hybridized carbons (Fsp3) is 0.750. The predicted octanol–water partition coefficient (Wildman–Crippen LogP) is -0.122. The molecule has 0 spiro atoms. The molecule has 0 aliphatic carbocycles. The lowest BCUT2D eigenvalue weighted by atomic mass is 10.1. The molecule has 0 saturated heterocycles. The Kier molecular flexibility index (Phi) is 1.56. The Hall–Kier alpha value is -0.0800. The van der Waals surface area contributed by atoms with E-state index in [0.29, 0.717) is 0 Å². The zero-order valence-electron chi connectivity index (χ0n) is 4.10. The van der Waals surface area contributed by atoms with Gasteiger partial charge in [-0.05, 0) is 13.8 Å². The second-order valence-electron chi connectivity index (χ2n) is 1.82. The molecule has 2 heteroatoms. The van der Waals surface area contributed by atoms with E-state index in [9.17, 15) is 0 Å². The molecule has 0 aromatic carbocycles. The van der Waals surface area contributed by atoms with E-state index in [1.165, 1.54) is 6.54 Å². The van der Waals surface area contributed by atoms with Gasteiger partial charge in [0.1, 0.15) is 0 Å². The summed E-state index contributed by atoms with van der Waals surface area (Å²) in [6, 6.07) is 0. The predicted molar refractivity (Wildman–Crippen MR) is 24.8 cm³/mol. The largest absolute Gasteiger partial charge is 0.389 e. The van der Waals surface area contributed by atoms with E-state index >= 15 is 0 Å². The number of aliphatic hydroxyl groups is 1. The highest BCUT2D eigenvalue weighted by Crippen LogP contribution is 1.97. The van der Waals surface area contributed by atoms with E-state index in [1.807, 2.05) is 0 Å². The van der Waals surface area contributed by atoms with Crippen LogP contribution >= 0.6 is 0 Å². The highest BCUT2D eigenvalue weighted by molar-refractivity contribution is 4.76. The van der Waals surface area contributed by atoms with Crippen LogP contribution in [-0.2, 0) is 0 Å². The summed E-state index contributed by atoms with van der Waals surface area (Å²) in [6.45, 7) is 4.48. The fourth-order valence-corrected chi connectivity index (χ4v) is 0. The lowest BCUT2D eigenvalue weighted by Gasteiger charge is -2.10. The average Bonchev–Trinajstić information content (AvgIpc) is 1.35. The van der Waals surface area contributed by atoms with Gasteiger partial charge in [-0.15, -0.1) is 0 Å². The Labute approximate surface area is 38.0 Å². The maximum Gasteiger partial charge on any atom is 0.0758 e. The number of hydrogen-bond acceptors (Lipinski definition) is 2. The van der Waals surface area contributed by atoms with Crippen molar-refractivity contribution in [3.63, 3.8) is 0 Å². The van der Waals surface area contributed by atoms with Gasteiger partial charge in [0.2, 0.25) is 0 Å². The minimum Gasteiger partial charge on any atom is -0.389 e. The molecule has 0 unspecified atom stereocenters. The number of nitrogens with two attached hydrogens (primary N) is 1. The van der Waals surface area contributed by atoms with Crippen LogP contribution in [0.1, 0.15) is 13.8 Å². The van der Waals surface area contributed by atoms with Gasteiger partial charge < -0.3 is 10.8 Å². The lowest BCUT2D eigenvalue weighted by molar-refractivity contribution is 0.114. The first kappa shape index (κ1) is 5.92. The standard InChI is InChI=1S/C4H10NO/c1-4(2,6)3-5/h3,6H,5H2,1-2H3. The van der Waals surface area contributed by atoms with Crippen LogP contribution in [0.4, 0.5) is 0 Å². The molecule has 2 nitrogen and oxygen atoms in total. The molecule has 0 aliphatic heterocycles. The van der Waals surface area contributed by atoms with Gasteiger partial charge in [0.25, 0.3) is 0 Å². The summed E-state index contributed by atoms with van der Waals surface area (Å²) in [5.74, 6) is 0. The first-order valence-electron chi connectivity index (χ1n) is 1.85. The zero-order chi connectivity index (χ0) is 5.21. The van der Waals surface area contributed by atoms with Crippen molar-refractivity contribution >= 4 is 0 Å². The molecule has 0 atom stereocenters. The maximum atomic E-state index is 8.65. The van der Waals surface area contributed by atoms with Crippen LogP contribution in [0.5, 0.6) is 0 Å². The van der Waals surface area contributed by atoms with Crippen LogP contribution in [0.2, 0.25) is 0 Å². The molecule has 6 heavy (non-hydrogen) atoms. The van der Waals surface area contributed by atoms with Crippen molar-refractivity contribution in [1.29, 1.82) is 0 Å². The minimum absolute atomic E-state index is 0.806. The highest BCUT2D eigenvalue weighted by atomic mass is 16.3. The topological polar surface area (TPSA) is 46.2 Å². The molecule has 0 bridgehead atoms. The first-order valence-corrected chi connectivity index (χ1v) is 1.85. The zero-order valence-corrected chi connectivity index (χ0v) is 4.10. The second-order valence-corrected chi connectivity index (χ2v) is 1.82. The Bertz CT molecular complexity index is 37.3. The third-order valence-corrected chi connectivity index (χ3v) is 0.408. The summed E-state index contributed by atoms with van der Waals surface area (Å²) >= 11 is 0. The third-order valence-electron chi connectivity index (χ3n) is 0.408. The molecule has 0 amide bonds. The van der Waals surface area contributed by atoms with Crippen molar-refractivity contribution in [2.24, 2.45) is 5.73 Å². The molecule has 0 aromatic heterocycles. The van der Waals surface area contributed by atoms with Crippen LogP contribution in [0.25, 0.3) is 0 Å². The van der Waals surface area contributed by atoms with Gasteiger partial charge in [0.05, 0.1) is 12.1 Å². The molecule has 37 valence electrons. The lowest BCUT2D eigenvalue weighted by Crippen LogP contribution is -2.23. The Balaban J connectivity index is 3.17. The molecule has 1 radical (unpaired) electrons. The van der Waals surface area contributed by atoms with Crippen molar-refractivity contribution in [1.82, 2.24) is 0 Å². The van der Waals surface area contributed by atoms with Gasteiger partial charge in [-0.3, -0.25) is 0 Å². The Morgan fingerprint density at radius 2 is 1.83 bits per heavy atom. The highest BCUT2D eigenvalue weighted by Gasteiger charge is 2.07.